The van der Waals surface area contributed by atoms with E-state index in [1.165, 1.54) is 6.20 Å². The number of nitrogens with zero attached hydrogens (tertiary/aromatic N) is 3. The first-order valence-electron chi connectivity index (χ1n) is 21.0. The molecule has 0 N–H and O–H groups in total. The first-order valence-corrected chi connectivity index (χ1v) is 16.5. The Bertz CT molecular complexity index is 2600. The van der Waals surface area contributed by atoms with Gasteiger partial charge in [0.2, 0.25) is 5.71 Å². The second-order valence-electron chi connectivity index (χ2n) is 15.5. The molecule has 4 heterocycles. The van der Waals surface area contributed by atoms with Crippen molar-refractivity contribution in [2.24, 2.45) is 16.2 Å². The van der Waals surface area contributed by atoms with Crippen LogP contribution in [0.25, 0.3) is 55.4 Å². The van der Waals surface area contributed by atoms with E-state index in [0.29, 0.717) is 39.2 Å². The zero-order valence-electron chi connectivity index (χ0n) is 39.1. The van der Waals surface area contributed by atoms with Gasteiger partial charge in [-0.05, 0) is 87.6 Å². The summed E-state index contributed by atoms with van der Waals surface area (Å²) in [6.07, 6.45) is -1.94. The second kappa shape index (κ2) is 14.4. The van der Waals surface area contributed by atoms with E-state index in [4.69, 9.17) is 16.8 Å². The Morgan fingerprint density at radius 2 is 1.46 bits per heavy atom. The molecule has 0 bridgehead atoms. The van der Waals surface area contributed by atoms with Crippen LogP contribution >= 0.6 is 0 Å². The van der Waals surface area contributed by atoms with E-state index in [9.17, 15) is 0 Å². The standard InChI is InChI=1S/C24H21N2O.C21H28N.Ir/c1-14-11-17-6-5-16-7-8-18(22-20(16)21(17)23(26-14)27-22)19-12-15(9-10-25-19)13-24(2,3)4;1-20(2,3)13-17-12-19(16-10-8-7-9-11-16)22-15-18(17)14-21(4,5)6;/h5-7,9-12H,13H2,1-4H3;7-10,12,15H,13-14H2,1-6H3;/q2*-1;/i1D3,13D2;13D2,14D2;. The summed E-state index contributed by atoms with van der Waals surface area (Å²) in [5, 5.41) is 3.25. The fourth-order valence-electron chi connectivity index (χ4n) is 5.74. The molecule has 0 atom stereocenters. The average Bonchev–Trinajstić information content (AvgIpc) is 3.53. The van der Waals surface area contributed by atoms with Gasteiger partial charge in [-0.3, -0.25) is 0 Å². The van der Waals surface area contributed by atoms with E-state index in [2.05, 4.69) is 27.1 Å². The van der Waals surface area contributed by atoms with E-state index in [-0.39, 0.29) is 31.5 Å². The molecule has 0 amide bonds. The smallest absolute Gasteiger partial charge is 0.216 e. The molecule has 0 saturated heterocycles. The SMILES string of the molecule is [2H]C([2H])([2H])c1cc2ccc3c[c-]c(-c4cc(C([2H])([2H])C(C)(C)C)ccn4)c4oc(n1)c2c34.[2H]C([2H])(c1cnc(-c2[c-]cccc2)cc1C([2H])([2H])C(C)(C)C)C(C)(C)C.[Ir]. The first-order chi connectivity index (χ1) is 26.6. The summed E-state index contributed by atoms with van der Waals surface area (Å²) in [6.45, 7) is 14.2. The molecule has 0 spiro atoms. The molecule has 50 heavy (non-hydrogen) atoms. The molecular formula is C45H49IrN3O-2. The average molecular weight is 849 g/mol. The maximum Gasteiger partial charge on any atom is 0.216 e. The van der Waals surface area contributed by atoms with Gasteiger partial charge in [0.05, 0.1) is 5.58 Å². The Balaban J connectivity index is 0.000000226. The summed E-state index contributed by atoms with van der Waals surface area (Å²) < 4.78 is 81.4. The summed E-state index contributed by atoms with van der Waals surface area (Å²) in [5.41, 5.74) is 2.42. The minimum absolute atomic E-state index is 0. The number of rotatable bonds is 5. The number of furan rings is 1. The van der Waals surface area contributed by atoms with Gasteiger partial charge in [0.1, 0.15) is 0 Å². The Hall–Kier alpha value is -3.92. The molecule has 3 aromatic carbocycles. The molecule has 7 aromatic rings. The normalized spacial score (nSPS) is 16.1. The minimum atomic E-state index is -2.35. The van der Waals surface area contributed by atoms with Gasteiger partial charge in [0.25, 0.3) is 0 Å². The molecule has 261 valence electrons. The van der Waals surface area contributed by atoms with E-state index < -0.39 is 42.2 Å². The Morgan fingerprint density at radius 3 is 2.14 bits per heavy atom. The number of aromatic nitrogens is 3. The molecule has 1 radical (unpaired) electrons. The number of hydrogen-bond acceptors (Lipinski definition) is 4. The van der Waals surface area contributed by atoms with Gasteiger partial charge < -0.3 is 14.4 Å². The van der Waals surface area contributed by atoms with Gasteiger partial charge in [0.15, 0.2) is 0 Å². The molecule has 0 saturated carbocycles. The van der Waals surface area contributed by atoms with Crippen LogP contribution in [-0.2, 0) is 39.2 Å². The van der Waals surface area contributed by atoms with Crippen molar-refractivity contribution >= 4 is 32.8 Å². The summed E-state index contributed by atoms with van der Waals surface area (Å²) >= 11 is 0. The predicted molar refractivity (Wildman–Crippen MR) is 205 cm³/mol. The molecule has 0 fully saturated rings. The van der Waals surface area contributed by atoms with E-state index in [0.717, 1.165) is 27.1 Å². The molecule has 5 heteroatoms. The monoisotopic (exact) mass is 849 g/mol. The van der Waals surface area contributed by atoms with Crippen LogP contribution in [0.3, 0.4) is 0 Å². The van der Waals surface area contributed by atoms with E-state index in [1.54, 1.807) is 36.5 Å². The fourth-order valence-corrected chi connectivity index (χ4v) is 5.74. The van der Waals surface area contributed by atoms with E-state index >= 15 is 0 Å². The number of aryl methyl sites for hydroxylation is 1. The molecule has 4 nitrogen and oxygen atoms in total. The largest absolute Gasteiger partial charge is 0.486 e. The van der Waals surface area contributed by atoms with Crippen molar-refractivity contribution in [3.8, 4) is 22.5 Å². The summed E-state index contributed by atoms with van der Waals surface area (Å²) in [7, 11) is 0. The van der Waals surface area contributed by atoms with Crippen LogP contribution in [0.1, 0.15) is 97.0 Å². The molecule has 0 aliphatic heterocycles. The van der Waals surface area contributed by atoms with Crippen LogP contribution in [0, 0.1) is 35.2 Å². The van der Waals surface area contributed by atoms with Gasteiger partial charge in [-0.25, -0.2) is 4.98 Å². The molecular weight excluding hydrogens is 791 g/mol. The van der Waals surface area contributed by atoms with Crippen molar-refractivity contribution < 1.29 is 36.9 Å². The predicted octanol–water partition coefficient (Wildman–Crippen LogP) is 12.1. The van der Waals surface area contributed by atoms with Crippen molar-refractivity contribution in [1.29, 1.82) is 0 Å². The van der Waals surface area contributed by atoms with Crippen LogP contribution in [-0.4, -0.2) is 15.0 Å². The summed E-state index contributed by atoms with van der Waals surface area (Å²) in [5.74, 6) is 0. The van der Waals surface area contributed by atoms with Crippen LogP contribution < -0.4 is 0 Å². The quantitative estimate of drug-likeness (QED) is 0.128. The molecule has 0 unspecified atom stereocenters. The third kappa shape index (κ3) is 8.86. The molecule has 7 rings (SSSR count). The van der Waals surface area contributed by atoms with Gasteiger partial charge in [-0.1, -0.05) is 103 Å². The van der Waals surface area contributed by atoms with Crippen molar-refractivity contribution in [2.75, 3.05) is 0 Å². The molecule has 4 aromatic heterocycles. The van der Waals surface area contributed by atoms with Crippen molar-refractivity contribution in [3.63, 3.8) is 0 Å². The topological polar surface area (TPSA) is 51.8 Å². The Kier molecular flexibility index (Phi) is 7.71. The molecule has 0 aliphatic carbocycles. The summed E-state index contributed by atoms with van der Waals surface area (Å²) in [6, 6.07) is 26.1. The zero-order valence-corrected chi connectivity index (χ0v) is 32.5. The molecule has 0 aliphatic rings. The third-order valence-corrected chi connectivity index (χ3v) is 7.47. The van der Waals surface area contributed by atoms with Gasteiger partial charge in [0, 0.05) is 55.9 Å². The first kappa shape index (κ1) is 26.8. The Morgan fingerprint density at radius 1 is 0.740 bits per heavy atom. The van der Waals surface area contributed by atoms with Crippen LogP contribution in [0.5, 0.6) is 0 Å². The van der Waals surface area contributed by atoms with Crippen LogP contribution in [0.4, 0.5) is 0 Å². The second-order valence-corrected chi connectivity index (χ2v) is 15.5. The third-order valence-electron chi connectivity index (χ3n) is 7.47. The van der Waals surface area contributed by atoms with Gasteiger partial charge >= 0.3 is 0 Å². The summed E-state index contributed by atoms with van der Waals surface area (Å²) in [4.78, 5) is 13.2. The van der Waals surface area contributed by atoms with Crippen molar-refractivity contribution in [3.05, 3.63) is 114 Å². The number of pyridine rings is 3. The van der Waals surface area contributed by atoms with Crippen LogP contribution in [0.2, 0.25) is 0 Å². The van der Waals surface area contributed by atoms with Crippen molar-refractivity contribution in [1.82, 2.24) is 15.0 Å². The fraction of sp³-hybridized carbons (Fsp3) is 0.356. The zero-order chi connectivity index (χ0) is 43.0. The van der Waals surface area contributed by atoms with Crippen LogP contribution in [0.15, 0.2) is 83.5 Å². The Labute approximate surface area is 324 Å². The van der Waals surface area contributed by atoms with Gasteiger partial charge in [-0.15, -0.1) is 48.0 Å². The van der Waals surface area contributed by atoms with E-state index in [1.807, 2.05) is 98.7 Å². The number of hydrogen-bond donors (Lipinski definition) is 0. The van der Waals surface area contributed by atoms with Gasteiger partial charge in [-0.2, -0.15) is 0 Å². The number of benzene rings is 3. The maximum absolute atomic E-state index is 8.77. The minimum Gasteiger partial charge on any atom is -0.486 e. The maximum atomic E-state index is 8.77. The van der Waals surface area contributed by atoms with Crippen molar-refractivity contribution in [2.45, 2.75) is 88.3 Å².